The highest BCUT2D eigenvalue weighted by molar-refractivity contribution is 5.82. The number of hydrogen-bond donors (Lipinski definition) is 2. The molecule has 1 unspecified atom stereocenters. The Morgan fingerprint density at radius 2 is 2.31 bits per heavy atom. The Bertz CT molecular complexity index is 402. The number of aryl methyl sites for hydroxylation is 1. The second-order valence-electron chi connectivity index (χ2n) is 3.85. The molecule has 88 valence electrons. The van der Waals surface area contributed by atoms with E-state index in [1.165, 1.54) is 0 Å². The molecule has 2 atom stereocenters. The maximum atomic E-state index is 11.3. The lowest BCUT2D eigenvalue weighted by Gasteiger charge is -2.28. The van der Waals surface area contributed by atoms with Crippen LogP contribution in [0.5, 0.6) is 5.88 Å². The van der Waals surface area contributed by atoms with Crippen molar-refractivity contribution in [3.63, 3.8) is 0 Å². The van der Waals surface area contributed by atoms with Gasteiger partial charge in [0, 0.05) is 6.54 Å². The first-order chi connectivity index (χ1) is 7.63. The molecule has 1 aliphatic rings. The maximum absolute atomic E-state index is 11.3. The summed E-state index contributed by atoms with van der Waals surface area (Å²) in [6, 6.07) is -0.244. The molecule has 0 saturated carbocycles. The van der Waals surface area contributed by atoms with Gasteiger partial charge in [0.1, 0.15) is 5.76 Å². The normalized spacial score (nSPS) is 25.3. The van der Waals surface area contributed by atoms with Gasteiger partial charge in [-0.1, -0.05) is 0 Å². The van der Waals surface area contributed by atoms with Crippen LogP contribution in [0.15, 0.2) is 4.52 Å². The van der Waals surface area contributed by atoms with Crippen molar-refractivity contribution in [2.24, 2.45) is 0 Å². The van der Waals surface area contributed by atoms with Crippen LogP contribution in [0.2, 0.25) is 0 Å². The van der Waals surface area contributed by atoms with Crippen LogP contribution in [-0.4, -0.2) is 30.8 Å². The minimum Gasteiger partial charge on any atom is -0.479 e. The number of carbonyl (C=O) groups is 1. The third-order valence-corrected chi connectivity index (χ3v) is 2.74. The van der Waals surface area contributed by atoms with Gasteiger partial charge >= 0.3 is 0 Å². The molecule has 6 heteroatoms. The van der Waals surface area contributed by atoms with Crippen LogP contribution in [0.1, 0.15) is 24.3 Å². The monoisotopic (exact) mass is 225 g/mol. The molecule has 2 N–H and O–H groups in total. The summed E-state index contributed by atoms with van der Waals surface area (Å²) in [5.74, 6) is 1.18. The van der Waals surface area contributed by atoms with Crippen LogP contribution in [-0.2, 0) is 4.79 Å². The Morgan fingerprint density at radius 3 is 2.94 bits per heavy atom. The summed E-state index contributed by atoms with van der Waals surface area (Å²) in [4.78, 5) is 11.3. The van der Waals surface area contributed by atoms with Gasteiger partial charge in [-0.3, -0.25) is 10.1 Å². The number of amides is 1. The topological polar surface area (TPSA) is 76.4 Å². The summed E-state index contributed by atoms with van der Waals surface area (Å²) in [6.07, 6.45) is 0. The highest BCUT2D eigenvalue weighted by Crippen LogP contribution is 2.28. The van der Waals surface area contributed by atoms with E-state index in [9.17, 15) is 4.79 Å². The van der Waals surface area contributed by atoms with Gasteiger partial charge in [0.25, 0.3) is 5.88 Å². The largest absolute Gasteiger partial charge is 0.479 e. The van der Waals surface area contributed by atoms with Gasteiger partial charge < -0.3 is 14.6 Å². The molecule has 1 amide bonds. The molecule has 1 saturated heterocycles. The number of aromatic nitrogens is 1. The maximum Gasteiger partial charge on any atom is 0.258 e. The van der Waals surface area contributed by atoms with E-state index in [1.54, 1.807) is 7.11 Å². The predicted octanol–water partition coefficient (Wildman–Crippen LogP) is 0.141. The van der Waals surface area contributed by atoms with Crippen LogP contribution >= 0.6 is 0 Å². The van der Waals surface area contributed by atoms with Crippen LogP contribution in [0.4, 0.5) is 0 Å². The van der Waals surface area contributed by atoms with Crippen molar-refractivity contribution in [1.82, 2.24) is 15.8 Å². The van der Waals surface area contributed by atoms with E-state index >= 15 is 0 Å². The zero-order valence-corrected chi connectivity index (χ0v) is 9.53. The zero-order chi connectivity index (χ0) is 11.7. The fourth-order valence-corrected chi connectivity index (χ4v) is 1.88. The third kappa shape index (κ3) is 1.76. The van der Waals surface area contributed by atoms with Gasteiger partial charge in [0.05, 0.1) is 24.8 Å². The van der Waals surface area contributed by atoms with E-state index in [2.05, 4.69) is 15.8 Å². The third-order valence-electron chi connectivity index (χ3n) is 2.74. The lowest BCUT2D eigenvalue weighted by atomic mass is 10.0. The van der Waals surface area contributed by atoms with E-state index in [0.717, 1.165) is 5.56 Å². The number of ether oxygens (including phenoxy) is 1. The van der Waals surface area contributed by atoms with Gasteiger partial charge in [-0.05, 0) is 19.0 Å². The number of piperazine rings is 1. The van der Waals surface area contributed by atoms with Crippen molar-refractivity contribution < 1.29 is 14.1 Å². The fourth-order valence-electron chi connectivity index (χ4n) is 1.88. The van der Waals surface area contributed by atoms with Gasteiger partial charge in [-0.15, -0.1) is 0 Å². The molecule has 2 heterocycles. The minimum atomic E-state index is -0.224. The van der Waals surface area contributed by atoms with Gasteiger partial charge in [0.15, 0.2) is 0 Å². The molecule has 2 rings (SSSR count). The lowest BCUT2D eigenvalue weighted by Crippen LogP contribution is -2.53. The summed E-state index contributed by atoms with van der Waals surface area (Å²) in [6.45, 7) is 4.16. The molecule has 16 heavy (non-hydrogen) atoms. The SMILES string of the molecule is COc1noc(C)c1C1CNC(=O)[C@H](C)N1. The zero-order valence-electron chi connectivity index (χ0n) is 9.53. The summed E-state index contributed by atoms with van der Waals surface area (Å²) in [5, 5.41) is 9.82. The number of rotatable bonds is 2. The molecule has 0 radical (unpaired) electrons. The van der Waals surface area contributed by atoms with Gasteiger partial charge in [-0.2, -0.15) is 0 Å². The molecular weight excluding hydrogens is 210 g/mol. The summed E-state index contributed by atoms with van der Waals surface area (Å²) in [7, 11) is 1.55. The van der Waals surface area contributed by atoms with Gasteiger partial charge in [0.2, 0.25) is 5.91 Å². The average molecular weight is 225 g/mol. The Kier molecular flexibility index (Phi) is 2.82. The van der Waals surface area contributed by atoms with Crippen molar-refractivity contribution in [2.45, 2.75) is 25.9 Å². The Balaban J connectivity index is 2.24. The van der Waals surface area contributed by atoms with E-state index in [-0.39, 0.29) is 18.0 Å². The molecule has 0 aliphatic carbocycles. The van der Waals surface area contributed by atoms with Gasteiger partial charge in [-0.25, -0.2) is 0 Å². The molecule has 6 nitrogen and oxygen atoms in total. The molecule has 0 bridgehead atoms. The second-order valence-corrected chi connectivity index (χ2v) is 3.85. The highest BCUT2D eigenvalue weighted by atomic mass is 16.5. The summed E-state index contributed by atoms with van der Waals surface area (Å²) >= 11 is 0. The molecule has 0 aromatic carbocycles. The first-order valence-corrected chi connectivity index (χ1v) is 5.17. The van der Waals surface area contributed by atoms with Crippen molar-refractivity contribution >= 4 is 5.91 Å². The number of nitrogens with one attached hydrogen (secondary N) is 2. The van der Waals surface area contributed by atoms with Crippen LogP contribution in [0.25, 0.3) is 0 Å². The first-order valence-electron chi connectivity index (χ1n) is 5.17. The van der Waals surface area contributed by atoms with Crippen molar-refractivity contribution in [1.29, 1.82) is 0 Å². The van der Waals surface area contributed by atoms with Crippen molar-refractivity contribution in [3.05, 3.63) is 11.3 Å². The van der Waals surface area contributed by atoms with E-state index in [1.807, 2.05) is 13.8 Å². The molecular formula is C10H15N3O3. The Hall–Kier alpha value is -1.56. The second kappa shape index (κ2) is 4.13. The Morgan fingerprint density at radius 1 is 1.56 bits per heavy atom. The average Bonchev–Trinajstić information content (AvgIpc) is 2.64. The van der Waals surface area contributed by atoms with Crippen LogP contribution < -0.4 is 15.4 Å². The number of hydrogen-bond acceptors (Lipinski definition) is 5. The summed E-state index contributed by atoms with van der Waals surface area (Å²) < 4.78 is 10.2. The number of nitrogens with zero attached hydrogens (tertiary/aromatic N) is 1. The van der Waals surface area contributed by atoms with E-state index in [0.29, 0.717) is 18.2 Å². The molecule has 1 fully saturated rings. The number of methoxy groups -OCH3 is 1. The number of carbonyl (C=O) groups excluding carboxylic acids is 1. The lowest BCUT2D eigenvalue weighted by molar-refractivity contribution is -0.124. The van der Waals surface area contributed by atoms with Crippen LogP contribution in [0.3, 0.4) is 0 Å². The quantitative estimate of drug-likeness (QED) is 0.748. The minimum absolute atomic E-state index is 0.00400. The molecule has 1 aliphatic heterocycles. The predicted molar refractivity (Wildman–Crippen MR) is 56.1 cm³/mol. The standard InChI is InChI=1S/C10H15N3O3/c1-5-9(14)11-4-7(12-5)8-6(2)16-13-10(8)15-3/h5,7,12H,4H2,1-3H3,(H,11,14)/t5-,7?/m0/s1. The van der Waals surface area contributed by atoms with Crippen LogP contribution in [0, 0.1) is 6.92 Å². The fraction of sp³-hybridized carbons (Fsp3) is 0.600. The van der Waals surface area contributed by atoms with Crippen molar-refractivity contribution in [3.8, 4) is 5.88 Å². The molecule has 1 aromatic rings. The van der Waals surface area contributed by atoms with E-state index < -0.39 is 0 Å². The van der Waals surface area contributed by atoms with E-state index in [4.69, 9.17) is 9.26 Å². The Labute approximate surface area is 93.3 Å². The first kappa shape index (κ1) is 10.9. The smallest absolute Gasteiger partial charge is 0.258 e. The van der Waals surface area contributed by atoms with Crippen molar-refractivity contribution in [2.75, 3.05) is 13.7 Å². The molecule has 0 spiro atoms. The highest BCUT2D eigenvalue weighted by Gasteiger charge is 2.30. The summed E-state index contributed by atoms with van der Waals surface area (Å²) in [5.41, 5.74) is 0.870. The molecule has 1 aromatic heterocycles.